The molecule has 2 aliphatic carbocycles. The van der Waals surface area contributed by atoms with E-state index in [1.807, 2.05) is 0 Å². The lowest BCUT2D eigenvalue weighted by atomic mass is 9.77. The van der Waals surface area contributed by atoms with E-state index in [4.69, 9.17) is 9.47 Å². The SMILES string of the molecule is CCCCCC1CCC(C=CC2CCC(C(F)CCOc3ccc(OCC)c(F)c3F)CC2)CC1. The number of unbranched alkanes of at least 4 members (excludes halogenated alkanes) is 2. The smallest absolute Gasteiger partial charge is 0.204 e. The highest BCUT2D eigenvalue weighted by Crippen LogP contribution is 2.36. The number of alkyl halides is 1. The lowest BCUT2D eigenvalue weighted by molar-refractivity contribution is 0.135. The van der Waals surface area contributed by atoms with E-state index in [-0.39, 0.29) is 37.1 Å². The van der Waals surface area contributed by atoms with Gasteiger partial charge in [0.2, 0.25) is 11.6 Å². The zero-order valence-electron chi connectivity index (χ0n) is 21.8. The minimum absolute atomic E-state index is 0.0312. The molecule has 198 valence electrons. The van der Waals surface area contributed by atoms with Crippen LogP contribution < -0.4 is 9.47 Å². The number of halogens is 3. The Balaban J connectivity index is 1.32. The van der Waals surface area contributed by atoms with Crippen molar-refractivity contribution in [2.75, 3.05) is 13.2 Å². The van der Waals surface area contributed by atoms with Gasteiger partial charge in [0.15, 0.2) is 11.5 Å². The molecule has 3 rings (SSSR count). The van der Waals surface area contributed by atoms with Gasteiger partial charge in [-0.2, -0.15) is 8.78 Å². The Bertz CT molecular complexity index is 765. The molecule has 2 nitrogen and oxygen atoms in total. The van der Waals surface area contributed by atoms with E-state index in [0.29, 0.717) is 5.92 Å². The third-order valence-electron chi connectivity index (χ3n) is 8.05. The van der Waals surface area contributed by atoms with E-state index >= 15 is 0 Å². The maximum Gasteiger partial charge on any atom is 0.204 e. The molecule has 0 N–H and O–H groups in total. The Kier molecular flexibility index (Phi) is 11.8. The molecule has 1 aromatic carbocycles. The Labute approximate surface area is 210 Å². The molecule has 0 spiro atoms. The summed E-state index contributed by atoms with van der Waals surface area (Å²) in [5.74, 6) is -0.201. The minimum atomic E-state index is -1.08. The third-order valence-corrected chi connectivity index (χ3v) is 8.05. The molecule has 0 amide bonds. The van der Waals surface area contributed by atoms with Crippen molar-refractivity contribution in [2.45, 2.75) is 103 Å². The molecule has 35 heavy (non-hydrogen) atoms. The van der Waals surface area contributed by atoms with Crippen LogP contribution in [0.5, 0.6) is 11.5 Å². The second-order valence-electron chi connectivity index (χ2n) is 10.6. The quantitative estimate of drug-likeness (QED) is 0.201. The van der Waals surface area contributed by atoms with Crippen molar-refractivity contribution in [3.63, 3.8) is 0 Å². The summed E-state index contributed by atoms with van der Waals surface area (Å²) in [6.07, 6.45) is 18.8. The van der Waals surface area contributed by atoms with Crippen LogP contribution in [0.1, 0.15) is 97.3 Å². The van der Waals surface area contributed by atoms with E-state index in [9.17, 15) is 13.2 Å². The summed E-state index contributed by atoms with van der Waals surface area (Å²) in [6.45, 7) is 4.26. The molecule has 0 radical (unpaired) electrons. The van der Waals surface area contributed by atoms with Gasteiger partial charge < -0.3 is 9.47 Å². The van der Waals surface area contributed by atoms with E-state index in [2.05, 4.69) is 19.1 Å². The molecule has 0 heterocycles. The lowest BCUT2D eigenvalue weighted by Crippen LogP contribution is -2.24. The fraction of sp³-hybridized carbons (Fsp3) is 0.733. The topological polar surface area (TPSA) is 18.5 Å². The molecule has 0 saturated heterocycles. The number of allylic oxidation sites excluding steroid dienone is 2. The van der Waals surface area contributed by atoms with Crippen molar-refractivity contribution in [3.8, 4) is 11.5 Å². The van der Waals surface area contributed by atoms with Gasteiger partial charge in [-0.05, 0) is 94.1 Å². The Morgan fingerprint density at radius 1 is 0.829 bits per heavy atom. The van der Waals surface area contributed by atoms with Crippen LogP contribution in [0.2, 0.25) is 0 Å². The summed E-state index contributed by atoms with van der Waals surface area (Å²) >= 11 is 0. The number of hydrogen-bond donors (Lipinski definition) is 0. The first-order valence-corrected chi connectivity index (χ1v) is 14.1. The zero-order chi connectivity index (χ0) is 25.0. The van der Waals surface area contributed by atoms with Crippen LogP contribution in [-0.2, 0) is 0 Å². The second kappa shape index (κ2) is 14.8. The predicted molar refractivity (Wildman–Crippen MR) is 137 cm³/mol. The summed E-state index contributed by atoms with van der Waals surface area (Å²) in [5.41, 5.74) is 0. The molecule has 0 aliphatic heterocycles. The van der Waals surface area contributed by atoms with Crippen molar-refractivity contribution >= 4 is 0 Å². The van der Waals surface area contributed by atoms with E-state index in [1.54, 1.807) is 6.92 Å². The van der Waals surface area contributed by atoms with Crippen LogP contribution in [-0.4, -0.2) is 19.4 Å². The largest absolute Gasteiger partial charge is 0.491 e. The maximum atomic E-state index is 14.8. The second-order valence-corrected chi connectivity index (χ2v) is 10.6. The fourth-order valence-electron chi connectivity index (χ4n) is 5.78. The zero-order valence-corrected chi connectivity index (χ0v) is 21.8. The number of hydrogen-bond acceptors (Lipinski definition) is 2. The van der Waals surface area contributed by atoms with E-state index in [1.165, 1.54) is 63.5 Å². The molecule has 0 aromatic heterocycles. The molecular weight excluding hydrogens is 449 g/mol. The highest BCUT2D eigenvalue weighted by Gasteiger charge is 2.27. The van der Waals surface area contributed by atoms with Crippen molar-refractivity contribution in [2.24, 2.45) is 23.7 Å². The van der Waals surface area contributed by atoms with Gasteiger partial charge in [-0.15, -0.1) is 0 Å². The van der Waals surface area contributed by atoms with E-state index < -0.39 is 17.8 Å². The van der Waals surface area contributed by atoms with Crippen LogP contribution in [0.3, 0.4) is 0 Å². The molecule has 2 fully saturated rings. The summed E-state index contributed by atoms with van der Waals surface area (Å²) < 4.78 is 53.3. The van der Waals surface area contributed by atoms with Crippen molar-refractivity contribution < 1.29 is 22.6 Å². The van der Waals surface area contributed by atoms with Gasteiger partial charge in [0, 0.05) is 6.42 Å². The number of ether oxygens (including phenoxy) is 2. The summed E-state index contributed by atoms with van der Waals surface area (Å²) in [6, 6.07) is 2.69. The van der Waals surface area contributed by atoms with Gasteiger partial charge in [-0.3, -0.25) is 0 Å². The average Bonchev–Trinajstić information content (AvgIpc) is 2.88. The predicted octanol–water partition coefficient (Wildman–Crippen LogP) is 9.22. The highest BCUT2D eigenvalue weighted by molar-refractivity contribution is 5.35. The molecule has 2 aliphatic rings. The first-order chi connectivity index (χ1) is 17.0. The van der Waals surface area contributed by atoms with Gasteiger partial charge in [-0.1, -0.05) is 44.8 Å². The van der Waals surface area contributed by atoms with Crippen LogP contribution in [0.15, 0.2) is 24.3 Å². The molecule has 0 bridgehead atoms. The Morgan fingerprint density at radius 2 is 1.40 bits per heavy atom. The van der Waals surface area contributed by atoms with Crippen LogP contribution in [0, 0.1) is 35.3 Å². The molecule has 1 unspecified atom stereocenters. The van der Waals surface area contributed by atoms with Crippen LogP contribution >= 0.6 is 0 Å². The van der Waals surface area contributed by atoms with Crippen molar-refractivity contribution in [1.82, 2.24) is 0 Å². The van der Waals surface area contributed by atoms with Crippen molar-refractivity contribution in [1.29, 1.82) is 0 Å². The van der Waals surface area contributed by atoms with Crippen LogP contribution in [0.4, 0.5) is 13.2 Å². The molecule has 1 atom stereocenters. The van der Waals surface area contributed by atoms with Gasteiger partial charge in [0.25, 0.3) is 0 Å². The summed E-state index contributed by atoms with van der Waals surface area (Å²) in [4.78, 5) is 0. The Hall–Kier alpha value is -1.65. The van der Waals surface area contributed by atoms with Gasteiger partial charge in [0.05, 0.1) is 13.2 Å². The highest BCUT2D eigenvalue weighted by atomic mass is 19.2. The lowest BCUT2D eigenvalue weighted by Gasteiger charge is -2.30. The van der Waals surface area contributed by atoms with Gasteiger partial charge >= 0.3 is 0 Å². The van der Waals surface area contributed by atoms with Crippen LogP contribution in [0.25, 0.3) is 0 Å². The number of rotatable bonds is 13. The standard InChI is InChI=1S/C30H45F3O2/c1-3-5-6-7-22-8-10-23(11-9-22)12-13-24-14-16-25(17-15-24)26(31)20-21-35-28-19-18-27(34-4-2)29(32)30(28)33/h12-13,18-19,22-26H,3-11,14-17,20-21H2,1-2H3. The summed E-state index contributed by atoms with van der Waals surface area (Å²) in [5, 5.41) is 0. The monoisotopic (exact) mass is 494 g/mol. The molecule has 1 aromatic rings. The van der Waals surface area contributed by atoms with Gasteiger partial charge in [-0.25, -0.2) is 4.39 Å². The molecule has 5 heteroatoms. The molecular formula is C30H45F3O2. The first-order valence-electron chi connectivity index (χ1n) is 14.1. The fourth-order valence-corrected chi connectivity index (χ4v) is 5.78. The van der Waals surface area contributed by atoms with Gasteiger partial charge in [0.1, 0.15) is 6.17 Å². The molecule has 2 saturated carbocycles. The minimum Gasteiger partial charge on any atom is -0.491 e. The third kappa shape index (κ3) is 8.75. The Morgan fingerprint density at radius 3 is 1.97 bits per heavy atom. The van der Waals surface area contributed by atoms with E-state index in [0.717, 1.165) is 37.5 Å². The first kappa shape index (κ1) is 27.9. The van der Waals surface area contributed by atoms with Crippen molar-refractivity contribution in [3.05, 3.63) is 35.9 Å². The average molecular weight is 495 g/mol. The normalized spacial score (nSPS) is 26.1. The summed E-state index contributed by atoms with van der Waals surface area (Å²) in [7, 11) is 0. The maximum absolute atomic E-state index is 14.8. The number of benzene rings is 1.